The van der Waals surface area contributed by atoms with Gasteiger partial charge in [-0.3, -0.25) is 0 Å². The van der Waals surface area contributed by atoms with Gasteiger partial charge in [0.2, 0.25) is 0 Å². The van der Waals surface area contributed by atoms with Crippen LogP contribution in [0.5, 0.6) is 0 Å². The number of fused-ring (bicyclic) bond motifs is 2. The molecule has 0 radical (unpaired) electrons. The standard InChI is InChI=1S/C19H11F5N4.C11H7FN4.C7H4F2O2.C4H6N4/c20-14-3-1-2-13(16(14)21)17-26-15-9-28(10-25-18(15)27-17)8-11-4-6-12(7-5-11)19(22,23)24;12-8-4-2-1-3-7(8)10-15-9-5-13-6-14-11(9)16-10;8-5-3-1-2-4(6(5)9)7(10)11;5-3-1-7-2-8-4(3)6/h1-7,9-10H,8H2;1-6H,(H,13,14,15,16);1-3H,(H,10,11);1-2H,5H2,(H2,6,7,8). The molecule has 3 aromatic heterocycles. The Morgan fingerprint density at radius 3 is 1.98 bits per heavy atom. The Labute approximate surface area is 349 Å². The van der Waals surface area contributed by atoms with Crippen LogP contribution in [0.4, 0.5) is 46.6 Å². The van der Waals surface area contributed by atoms with E-state index in [2.05, 4.69) is 44.9 Å². The first-order valence-electron chi connectivity index (χ1n) is 17.8. The largest absolute Gasteiger partial charge is 0.478 e. The number of halogens is 8. The van der Waals surface area contributed by atoms with E-state index in [-0.39, 0.29) is 29.6 Å². The van der Waals surface area contributed by atoms with E-state index in [4.69, 9.17) is 16.6 Å². The Morgan fingerprint density at radius 1 is 0.698 bits per heavy atom. The highest BCUT2D eigenvalue weighted by Crippen LogP contribution is 2.30. The first-order valence-corrected chi connectivity index (χ1v) is 17.8. The molecule has 7 aromatic rings. The number of nitrogens with two attached hydrogens (primary N) is 2. The fraction of sp³-hybridized carbons (Fsp3) is 0.0488. The number of nitrogen functional groups attached to an aromatic ring is 2. The Kier molecular flexibility index (Phi) is 13.5. The molecule has 0 unspecified atom stereocenters. The lowest BCUT2D eigenvalue weighted by molar-refractivity contribution is -0.137. The maximum atomic E-state index is 13.9. The summed E-state index contributed by atoms with van der Waals surface area (Å²) in [5, 5.41) is 8.28. The van der Waals surface area contributed by atoms with E-state index >= 15 is 0 Å². The normalized spacial score (nSPS) is 10.9. The number of benzene rings is 4. The second-order valence-electron chi connectivity index (χ2n) is 12.7. The highest BCUT2D eigenvalue weighted by molar-refractivity contribution is 5.87. The van der Waals surface area contributed by atoms with Gasteiger partial charge >= 0.3 is 12.1 Å². The summed E-state index contributed by atoms with van der Waals surface area (Å²) in [6.07, 6.45) is 4.48. The van der Waals surface area contributed by atoms with Crippen LogP contribution in [-0.2, 0) is 12.7 Å². The first kappa shape index (κ1) is 44.1. The van der Waals surface area contributed by atoms with Gasteiger partial charge in [0.05, 0.1) is 46.7 Å². The second kappa shape index (κ2) is 19.3. The smallest absolute Gasteiger partial charge is 0.416 e. The van der Waals surface area contributed by atoms with Crippen molar-refractivity contribution in [1.29, 1.82) is 0 Å². The number of rotatable bonds is 5. The molecule has 22 heteroatoms. The second-order valence-corrected chi connectivity index (χ2v) is 12.7. The minimum atomic E-state index is -4.39. The lowest BCUT2D eigenvalue weighted by atomic mass is 10.1. The summed E-state index contributed by atoms with van der Waals surface area (Å²) in [6.45, 7) is 0.262. The molecule has 63 heavy (non-hydrogen) atoms. The monoisotopic (exact) mass is 872 g/mol. The molecule has 0 spiro atoms. The summed E-state index contributed by atoms with van der Waals surface area (Å²) in [5.41, 5.74) is 12.1. The average molecular weight is 873 g/mol. The highest BCUT2D eigenvalue weighted by Gasteiger charge is 2.30. The number of aromatic amines is 1. The number of hydrogen-bond donors (Lipinski definition) is 4. The maximum Gasteiger partial charge on any atom is 0.416 e. The van der Waals surface area contributed by atoms with Crippen molar-refractivity contribution in [2.45, 2.75) is 12.7 Å². The van der Waals surface area contributed by atoms with E-state index in [1.807, 2.05) is 0 Å². The number of nitrogens with zero attached hydrogens (tertiary/aromatic N) is 9. The number of imidazole rings is 2. The van der Waals surface area contributed by atoms with Crippen LogP contribution < -0.4 is 11.5 Å². The number of nitrogens with one attached hydrogen (secondary N) is 1. The van der Waals surface area contributed by atoms with Crippen LogP contribution in [0.25, 0.3) is 45.5 Å². The van der Waals surface area contributed by atoms with Gasteiger partial charge in [-0.1, -0.05) is 36.4 Å². The van der Waals surface area contributed by atoms with Gasteiger partial charge in [0.1, 0.15) is 41.3 Å². The van der Waals surface area contributed by atoms with E-state index in [0.29, 0.717) is 45.3 Å². The number of anilines is 2. The summed E-state index contributed by atoms with van der Waals surface area (Å²) in [6, 6.07) is 18.0. The lowest BCUT2D eigenvalue weighted by Gasteiger charge is -2.09. The van der Waals surface area contributed by atoms with Gasteiger partial charge in [-0.25, -0.2) is 66.6 Å². The zero-order valence-corrected chi connectivity index (χ0v) is 31.8. The van der Waals surface area contributed by atoms with Gasteiger partial charge in [-0.15, -0.1) is 0 Å². The van der Waals surface area contributed by atoms with Gasteiger partial charge in [0.15, 0.2) is 40.6 Å². The third-order valence-corrected chi connectivity index (χ3v) is 8.37. The molecule has 0 amide bonds. The zero-order valence-electron chi connectivity index (χ0n) is 31.8. The van der Waals surface area contributed by atoms with Crippen molar-refractivity contribution in [3.8, 4) is 34.3 Å². The molecule has 0 bridgehead atoms. The molecule has 320 valence electrons. The molecule has 9 rings (SSSR count). The molecule has 4 aromatic carbocycles. The van der Waals surface area contributed by atoms with Gasteiger partial charge in [-0.05, 0) is 54.1 Å². The van der Waals surface area contributed by atoms with E-state index in [0.717, 1.165) is 36.4 Å². The van der Waals surface area contributed by atoms with Crippen molar-refractivity contribution >= 4 is 28.6 Å². The Hall–Kier alpha value is -8.43. The van der Waals surface area contributed by atoms with Gasteiger partial charge in [0.25, 0.3) is 0 Å². The third kappa shape index (κ3) is 11.0. The summed E-state index contributed by atoms with van der Waals surface area (Å²) in [4.78, 5) is 44.9. The molecule has 2 aliphatic rings. The Morgan fingerprint density at radius 2 is 1.35 bits per heavy atom. The van der Waals surface area contributed by atoms with Crippen LogP contribution in [0.15, 0.2) is 123 Å². The number of carbonyl (C=O) groups is 1. The minimum absolute atomic E-state index is 0.00628. The molecule has 2 aliphatic heterocycles. The molecular weight excluding hydrogens is 845 g/mol. The van der Waals surface area contributed by atoms with Crippen molar-refractivity contribution in [2.24, 2.45) is 0 Å². The Balaban J connectivity index is 0.000000158. The third-order valence-electron chi connectivity index (χ3n) is 8.37. The molecular formula is C41H28F8N12O2. The Bertz CT molecular complexity index is 2910. The molecule has 0 saturated heterocycles. The number of carboxylic acids is 1. The van der Waals surface area contributed by atoms with Crippen molar-refractivity contribution < 1.29 is 45.0 Å². The van der Waals surface area contributed by atoms with Crippen LogP contribution >= 0.6 is 0 Å². The summed E-state index contributed by atoms with van der Waals surface area (Å²) < 4.78 is 105. The molecule has 6 N–H and O–H groups in total. The number of aromatic carboxylic acids is 1. The van der Waals surface area contributed by atoms with Crippen LogP contribution in [0.1, 0.15) is 21.5 Å². The lowest BCUT2D eigenvalue weighted by Crippen LogP contribution is -2.06. The number of carboxylic acid groups (broad SMARTS) is 1. The summed E-state index contributed by atoms with van der Waals surface area (Å²) in [5.74, 6) is -5.24. The number of alkyl halides is 3. The van der Waals surface area contributed by atoms with Crippen LogP contribution in [0.3, 0.4) is 0 Å². The highest BCUT2D eigenvalue weighted by atomic mass is 19.4. The fourth-order valence-corrected chi connectivity index (χ4v) is 5.30. The van der Waals surface area contributed by atoms with Crippen molar-refractivity contribution in [1.82, 2.24) is 49.4 Å². The van der Waals surface area contributed by atoms with E-state index in [1.165, 1.54) is 55.5 Å². The van der Waals surface area contributed by atoms with Crippen molar-refractivity contribution in [3.05, 3.63) is 168 Å². The number of H-pyrrole nitrogens is 1. The van der Waals surface area contributed by atoms with Gasteiger partial charge < -0.3 is 26.1 Å². The van der Waals surface area contributed by atoms with Crippen LogP contribution in [0.2, 0.25) is 0 Å². The molecule has 0 aliphatic carbocycles. The minimum Gasteiger partial charge on any atom is -0.478 e. The fourth-order valence-electron chi connectivity index (χ4n) is 5.30. The SMILES string of the molecule is Fc1cccc(-c2nc3cn(Cc4ccc(C(F)(F)F)cc4)cnc-3n2)c1F.Fc1ccccc1-c1nc2ncncc2[nH]1.Nc1cncnc1N.O=C(O)c1cccc(F)c1F. The van der Waals surface area contributed by atoms with Crippen molar-refractivity contribution in [2.75, 3.05) is 11.5 Å². The maximum absolute atomic E-state index is 13.9. The quantitative estimate of drug-likeness (QED) is 0.120. The first-order chi connectivity index (χ1) is 30.1. The molecule has 5 heterocycles. The summed E-state index contributed by atoms with van der Waals surface area (Å²) in [7, 11) is 0. The van der Waals surface area contributed by atoms with Crippen molar-refractivity contribution in [3.63, 3.8) is 0 Å². The average Bonchev–Trinajstić information content (AvgIpc) is 3.89. The predicted octanol–water partition coefficient (Wildman–Crippen LogP) is 8.25. The molecule has 0 fully saturated rings. The van der Waals surface area contributed by atoms with Crippen LogP contribution in [-0.4, -0.2) is 60.5 Å². The van der Waals surface area contributed by atoms with E-state index < -0.39 is 46.5 Å². The van der Waals surface area contributed by atoms with E-state index in [9.17, 15) is 39.9 Å². The number of hydrogen-bond acceptors (Lipinski definition) is 11. The van der Waals surface area contributed by atoms with Gasteiger partial charge in [0, 0.05) is 12.7 Å². The number of aromatic nitrogens is 10. The molecule has 14 nitrogen and oxygen atoms in total. The topological polar surface area (TPSA) is 213 Å². The van der Waals surface area contributed by atoms with Gasteiger partial charge in [-0.2, -0.15) is 13.2 Å². The van der Waals surface area contributed by atoms with E-state index in [1.54, 1.807) is 35.2 Å². The molecule has 0 saturated carbocycles. The van der Waals surface area contributed by atoms with Crippen LogP contribution in [0, 0.1) is 29.1 Å². The predicted molar refractivity (Wildman–Crippen MR) is 212 cm³/mol. The zero-order chi connectivity index (χ0) is 45.3. The molecule has 0 atom stereocenters. The summed E-state index contributed by atoms with van der Waals surface area (Å²) >= 11 is 0.